The molecule has 2 aromatic rings. The Kier molecular flexibility index (Phi) is 4.84. The van der Waals surface area contributed by atoms with Crippen LogP contribution in [0.3, 0.4) is 0 Å². The van der Waals surface area contributed by atoms with Crippen molar-refractivity contribution < 1.29 is 9.53 Å². The molecular formula is C20H23N3O3. The Morgan fingerprint density at radius 2 is 2.15 bits per heavy atom. The molecule has 1 aliphatic carbocycles. The molecule has 0 spiro atoms. The van der Waals surface area contributed by atoms with Crippen molar-refractivity contribution in [1.82, 2.24) is 14.9 Å². The topological polar surface area (TPSA) is 75.3 Å². The van der Waals surface area contributed by atoms with Crippen LogP contribution in [0.4, 0.5) is 0 Å². The van der Waals surface area contributed by atoms with Crippen molar-refractivity contribution in [3.05, 3.63) is 63.3 Å². The highest BCUT2D eigenvalue weighted by atomic mass is 16.5. The van der Waals surface area contributed by atoms with E-state index in [4.69, 9.17) is 4.74 Å². The molecule has 0 radical (unpaired) electrons. The summed E-state index contributed by atoms with van der Waals surface area (Å²) in [5.74, 6) is 0.194. The van der Waals surface area contributed by atoms with E-state index in [1.54, 1.807) is 0 Å². The summed E-state index contributed by atoms with van der Waals surface area (Å²) in [5, 5.41) is 0. The third-order valence-electron chi connectivity index (χ3n) is 5.20. The maximum Gasteiger partial charge on any atom is 0.253 e. The first-order valence-corrected chi connectivity index (χ1v) is 9.21. The van der Waals surface area contributed by atoms with Gasteiger partial charge in [-0.05, 0) is 48.9 Å². The second-order valence-electron chi connectivity index (χ2n) is 7.14. The van der Waals surface area contributed by atoms with Crippen molar-refractivity contribution in [1.29, 1.82) is 0 Å². The number of amides is 1. The second-order valence-corrected chi connectivity index (χ2v) is 7.14. The number of rotatable bonds is 3. The number of benzene rings is 1. The molecule has 4 rings (SSSR count). The molecule has 0 unspecified atom stereocenters. The summed E-state index contributed by atoms with van der Waals surface area (Å²) in [5.41, 5.74) is 4.02. The van der Waals surface area contributed by atoms with E-state index in [1.165, 1.54) is 29.9 Å². The predicted octanol–water partition coefficient (Wildman–Crippen LogP) is 1.59. The third-order valence-corrected chi connectivity index (χ3v) is 5.20. The van der Waals surface area contributed by atoms with Crippen LogP contribution in [-0.4, -0.2) is 47.1 Å². The molecule has 6 nitrogen and oxygen atoms in total. The molecule has 0 saturated carbocycles. The Bertz CT molecular complexity index is 861. The molecule has 0 bridgehead atoms. The van der Waals surface area contributed by atoms with Crippen LogP contribution in [0.1, 0.15) is 33.6 Å². The van der Waals surface area contributed by atoms with Crippen molar-refractivity contribution in [2.45, 2.75) is 25.7 Å². The van der Waals surface area contributed by atoms with Gasteiger partial charge in [0.25, 0.3) is 11.5 Å². The Labute approximate surface area is 152 Å². The minimum absolute atomic E-state index is 0.0640. The third kappa shape index (κ3) is 3.70. The largest absolute Gasteiger partial charge is 0.379 e. The van der Waals surface area contributed by atoms with Gasteiger partial charge in [0.2, 0.25) is 0 Å². The number of carbonyl (C=O) groups excluding carboxylic acids is 1. The molecule has 1 saturated heterocycles. The number of ether oxygens (including phenoxy) is 1. The normalized spacial score (nSPS) is 19.8. The first-order valence-electron chi connectivity index (χ1n) is 9.21. The number of nitrogens with zero attached hydrogens (tertiary/aromatic N) is 2. The van der Waals surface area contributed by atoms with E-state index in [0.29, 0.717) is 32.7 Å². The Morgan fingerprint density at radius 3 is 3.04 bits per heavy atom. The fourth-order valence-corrected chi connectivity index (χ4v) is 3.89. The molecule has 136 valence electrons. The number of aryl methyl sites for hydroxylation is 2. The number of aromatic nitrogens is 2. The lowest BCUT2D eigenvalue weighted by Crippen LogP contribution is -2.36. The van der Waals surface area contributed by atoms with Gasteiger partial charge in [0.15, 0.2) is 0 Å². The maximum absolute atomic E-state index is 13.0. The summed E-state index contributed by atoms with van der Waals surface area (Å²) in [4.78, 5) is 33.1. The van der Waals surface area contributed by atoms with Gasteiger partial charge in [-0.25, -0.2) is 4.98 Å². The maximum atomic E-state index is 13.0. The standard InChI is InChI=1S/C20H23N3O3/c24-19-10-18(21-13-22-19)8-14-11-23(6-7-26-12-14)20(25)17-5-4-15-2-1-3-16(15)9-17/h4-5,9-10,13-14H,1-3,6-8,11-12H2,(H,21,22,24)/t14-/m1/s1. The fraction of sp³-hybridized carbons (Fsp3) is 0.450. The Hall–Kier alpha value is -2.47. The number of H-pyrrole nitrogens is 1. The van der Waals surface area contributed by atoms with Gasteiger partial charge in [0.05, 0.1) is 19.5 Å². The van der Waals surface area contributed by atoms with Crippen LogP contribution < -0.4 is 5.56 Å². The number of aromatic amines is 1. The van der Waals surface area contributed by atoms with Crippen molar-refractivity contribution in [3.8, 4) is 0 Å². The van der Waals surface area contributed by atoms with Crippen LogP contribution in [-0.2, 0) is 24.0 Å². The van der Waals surface area contributed by atoms with Gasteiger partial charge in [-0.15, -0.1) is 0 Å². The molecule has 1 fully saturated rings. The molecule has 1 atom stereocenters. The zero-order chi connectivity index (χ0) is 17.9. The number of fused-ring (bicyclic) bond motifs is 1. The molecule has 1 aromatic heterocycles. The molecule has 1 aromatic carbocycles. The average molecular weight is 353 g/mol. The lowest BCUT2D eigenvalue weighted by Gasteiger charge is -2.24. The molecule has 1 N–H and O–H groups in total. The second kappa shape index (κ2) is 7.41. The first kappa shape index (κ1) is 17.0. The van der Waals surface area contributed by atoms with Crippen LogP contribution in [0, 0.1) is 5.92 Å². The number of hydrogen-bond acceptors (Lipinski definition) is 4. The monoisotopic (exact) mass is 353 g/mol. The van der Waals surface area contributed by atoms with Gasteiger partial charge in [0.1, 0.15) is 0 Å². The van der Waals surface area contributed by atoms with Crippen LogP contribution in [0.2, 0.25) is 0 Å². The highest BCUT2D eigenvalue weighted by molar-refractivity contribution is 5.94. The summed E-state index contributed by atoms with van der Waals surface area (Å²) in [6.45, 7) is 2.32. The van der Waals surface area contributed by atoms with Gasteiger partial charge in [-0.2, -0.15) is 0 Å². The first-order chi connectivity index (χ1) is 12.7. The molecule has 26 heavy (non-hydrogen) atoms. The Balaban J connectivity index is 1.48. The SMILES string of the molecule is O=C(c1ccc2c(c1)CCC2)N1CCOC[C@H](Cc2cc(=O)[nH]cn2)C1. The average Bonchev–Trinajstić information content (AvgIpc) is 2.99. The molecular weight excluding hydrogens is 330 g/mol. The van der Waals surface area contributed by atoms with Gasteiger partial charge in [-0.3, -0.25) is 9.59 Å². The molecule has 2 heterocycles. The summed E-state index contributed by atoms with van der Waals surface area (Å²) < 4.78 is 5.69. The molecule has 6 heteroatoms. The summed E-state index contributed by atoms with van der Waals surface area (Å²) >= 11 is 0. The zero-order valence-corrected chi connectivity index (χ0v) is 14.7. The number of carbonyl (C=O) groups is 1. The minimum Gasteiger partial charge on any atom is -0.379 e. The molecule has 1 aliphatic heterocycles. The van der Waals surface area contributed by atoms with E-state index in [0.717, 1.165) is 24.1 Å². The molecule has 2 aliphatic rings. The van der Waals surface area contributed by atoms with E-state index in [2.05, 4.69) is 22.1 Å². The van der Waals surface area contributed by atoms with E-state index < -0.39 is 0 Å². The van der Waals surface area contributed by atoms with Gasteiger partial charge in [-0.1, -0.05) is 6.07 Å². The quantitative estimate of drug-likeness (QED) is 0.909. The van der Waals surface area contributed by atoms with Crippen LogP contribution >= 0.6 is 0 Å². The lowest BCUT2D eigenvalue weighted by atomic mass is 10.0. The highest BCUT2D eigenvalue weighted by Crippen LogP contribution is 2.24. The number of nitrogens with one attached hydrogen (secondary N) is 1. The highest BCUT2D eigenvalue weighted by Gasteiger charge is 2.25. The summed E-state index contributed by atoms with van der Waals surface area (Å²) in [7, 11) is 0. The fourth-order valence-electron chi connectivity index (χ4n) is 3.89. The van der Waals surface area contributed by atoms with Gasteiger partial charge < -0.3 is 14.6 Å². The number of hydrogen-bond donors (Lipinski definition) is 1. The summed E-state index contributed by atoms with van der Waals surface area (Å²) in [6, 6.07) is 7.62. The smallest absolute Gasteiger partial charge is 0.253 e. The van der Waals surface area contributed by atoms with Crippen LogP contribution in [0.15, 0.2) is 35.4 Å². The van der Waals surface area contributed by atoms with E-state index in [1.807, 2.05) is 11.0 Å². The van der Waals surface area contributed by atoms with E-state index in [-0.39, 0.29) is 17.4 Å². The van der Waals surface area contributed by atoms with Crippen LogP contribution in [0.5, 0.6) is 0 Å². The van der Waals surface area contributed by atoms with Crippen molar-refractivity contribution in [2.75, 3.05) is 26.3 Å². The zero-order valence-electron chi connectivity index (χ0n) is 14.7. The predicted molar refractivity (Wildman–Crippen MR) is 97.2 cm³/mol. The van der Waals surface area contributed by atoms with Crippen LogP contribution in [0.25, 0.3) is 0 Å². The lowest BCUT2D eigenvalue weighted by molar-refractivity contribution is 0.0737. The van der Waals surface area contributed by atoms with Crippen molar-refractivity contribution >= 4 is 5.91 Å². The van der Waals surface area contributed by atoms with Crippen molar-refractivity contribution in [2.24, 2.45) is 5.92 Å². The van der Waals surface area contributed by atoms with Gasteiger partial charge >= 0.3 is 0 Å². The van der Waals surface area contributed by atoms with E-state index >= 15 is 0 Å². The Morgan fingerprint density at radius 1 is 1.27 bits per heavy atom. The minimum atomic E-state index is -0.157. The molecule has 1 amide bonds. The van der Waals surface area contributed by atoms with E-state index in [9.17, 15) is 9.59 Å². The van der Waals surface area contributed by atoms with Crippen molar-refractivity contribution in [3.63, 3.8) is 0 Å². The van der Waals surface area contributed by atoms with Gasteiger partial charge in [0, 0.05) is 36.3 Å². The summed E-state index contributed by atoms with van der Waals surface area (Å²) in [6.07, 6.45) is 5.40.